The molecule has 1 aromatic carbocycles. The van der Waals surface area contributed by atoms with E-state index in [1.54, 1.807) is 18.3 Å². The van der Waals surface area contributed by atoms with Crippen LogP contribution in [0.15, 0.2) is 30.5 Å². The fourth-order valence-corrected chi connectivity index (χ4v) is 4.12. The van der Waals surface area contributed by atoms with Crippen LogP contribution in [0.3, 0.4) is 0 Å². The fourth-order valence-electron chi connectivity index (χ4n) is 4.12. The minimum Gasteiger partial charge on any atom is -0.317 e. The van der Waals surface area contributed by atoms with Gasteiger partial charge in [0.1, 0.15) is 5.82 Å². The monoisotopic (exact) mass is 299 g/mol. The van der Waals surface area contributed by atoms with E-state index in [0.717, 1.165) is 49.2 Å². The lowest BCUT2D eigenvalue weighted by molar-refractivity contribution is 0.194. The smallest absolute Gasteiger partial charge is 0.124 e. The summed E-state index contributed by atoms with van der Waals surface area (Å²) in [4.78, 5) is 6.95. The van der Waals surface area contributed by atoms with Crippen molar-refractivity contribution in [2.45, 2.75) is 25.8 Å². The number of fused-ring (bicyclic) bond motifs is 1. The van der Waals surface area contributed by atoms with Crippen molar-refractivity contribution < 1.29 is 4.39 Å². The van der Waals surface area contributed by atoms with Gasteiger partial charge in [0.05, 0.1) is 5.52 Å². The van der Waals surface area contributed by atoms with E-state index in [-0.39, 0.29) is 5.82 Å². The van der Waals surface area contributed by atoms with E-state index in [9.17, 15) is 4.39 Å². The molecule has 3 nitrogen and oxygen atoms in total. The second kappa shape index (κ2) is 5.60. The number of nitrogens with zero attached hydrogens (tertiary/aromatic N) is 2. The van der Waals surface area contributed by atoms with Crippen molar-refractivity contribution in [3.05, 3.63) is 41.8 Å². The van der Waals surface area contributed by atoms with Crippen LogP contribution in [0.2, 0.25) is 0 Å². The molecule has 1 N–H and O–H groups in total. The van der Waals surface area contributed by atoms with Gasteiger partial charge in [-0.3, -0.25) is 9.88 Å². The van der Waals surface area contributed by atoms with Gasteiger partial charge in [0.15, 0.2) is 0 Å². The first kappa shape index (κ1) is 14.1. The summed E-state index contributed by atoms with van der Waals surface area (Å²) in [7, 11) is 0. The van der Waals surface area contributed by atoms with Crippen molar-refractivity contribution in [1.29, 1.82) is 0 Å². The summed E-state index contributed by atoms with van der Waals surface area (Å²) >= 11 is 0. The topological polar surface area (TPSA) is 28.2 Å². The first-order valence-electron chi connectivity index (χ1n) is 8.20. The average Bonchev–Trinajstić information content (AvgIpc) is 2.90. The molecule has 0 bridgehead atoms. The lowest BCUT2D eigenvalue weighted by atomic mass is 9.78. The molecule has 2 aliphatic heterocycles. The van der Waals surface area contributed by atoms with Crippen molar-refractivity contribution in [3.8, 4) is 0 Å². The number of hydrogen-bond acceptors (Lipinski definition) is 3. The van der Waals surface area contributed by atoms with E-state index < -0.39 is 0 Å². The van der Waals surface area contributed by atoms with Crippen molar-refractivity contribution in [2.24, 2.45) is 5.41 Å². The number of piperidine rings is 1. The maximum Gasteiger partial charge on any atom is 0.124 e. The summed E-state index contributed by atoms with van der Waals surface area (Å²) in [6.45, 7) is 5.33. The highest BCUT2D eigenvalue weighted by Crippen LogP contribution is 2.39. The van der Waals surface area contributed by atoms with Crippen LogP contribution in [0.4, 0.5) is 4.39 Å². The second-order valence-electron chi connectivity index (χ2n) is 6.85. The van der Waals surface area contributed by atoms with Crippen LogP contribution in [0.1, 0.15) is 24.8 Å². The Bertz CT molecular complexity index is 679. The first-order chi connectivity index (χ1) is 10.7. The Labute approximate surface area is 130 Å². The SMILES string of the molecule is Fc1cc(CN2CCC3(CCNCC3)C2)c2ncccc2c1. The quantitative estimate of drug-likeness (QED) is 0.924. The predicted octanol–water partition coefficient (Wildman–Crippen LogP) is 2.95. The molecule has 2 fully saturated rings. The van der Waals surface area contributed by atoms with Crippen molar-refractivity contribution >= 4 is 10.9 Å². The zero-order valence-corrected chi connectivity index (χ0v) is 12.8. The third-order valence-corrected chi connectivity index (χ3v) is 5.32. The van der Waals surface area contributed by atoms with E-state index in [0.29, 0.717) is 5.41 Å². The van der Waals surface area contributed by atoms with E-state index >= 15 is 0 Å². The highest BCUT2D eigenvalue weighted by atomic mass is 19.1. The van der Waals surface area contributed by atoms with Gasteiger partial charge in [-0.1, -0.05) is 6.07 Å². The number of rotatable bonds is 2. The standard InChI is InChI=1S/C18H22FN3/c19-16-10-14-2-1-6-21-17(14)15(11-16)12-22-9-5-18(13-22)3-7-20-8-4-18/h1-2,6,10-11,20H,3-5,7-9,12-13H2. The van der Waals surface area contributed by atoms with Crippen LogP contribution in [0.5, 0.6) is 0 Å². The molecule has 1 aromatic heterocycles. The number of halogens is 1. The number of aromatic nitrogens is 1. The normalized spacial score (nSPS) is 21.7. The lowest BCUT2D eigenvalue weighted by Crippen LogP contribution is -2.38. The molecule has 1 spiro atoms. The van der Waals surface area contributed by atoms with Crippen LogP contribution in [-0.2, 0) is 6.54 Å². The Morgan fingerprint density at radius 3 is 2.95 bits per heavy atom. The maximum atomic E-state index is 13.9. The minimum atomic E-state index is -0.161. The number of benzene rings is 1. The lowest BCUT2D eigenvalue weighted by Gasteiger charge is -2.34. The molecule has 3 heterocycles. The highest BCUT2D eigenvalue weighted by Gasteiger charge is 2.38. The summed E-state index contributed by atoms with van der Waals surface area (Å²) in [5.41, 5.74) is 2.44. The van der Waals surface area contributed by atoms with Crippen LogP contribution >= 0.6 is 0 Å². The molecular formula is C18H22FN3. The molecule has 2 aliphatic rings. The van der Waals surface area contributed by atoms with Crippen molar-refractivity contribution in [2.75, 3.05) is 26.2 Å². The van der Waals surface area contributed by atoms with Gasteiger partial charge in [0.2, 0.25) is 0 Å². The molecule has 0 amide bonds. The summed E-state index contributed by atoms with van der Waals surface area (Å²) in [5.74, 6) is -0.161. The molecule has 4 heteroatoms. The summed E-state index contributed by atoms with van der Waals surface area (Å²) < 4.78 is 13.9. The minimum absolute atomic E-state index is 0.161. The predicted molar refractivity (Wildman–Crippen MR) is 86.1 cm³/mol. The molecule has 116 valence electrons. The molecular weight excluding hydrogens is 277 g/mol. The van der Waals surface area contributed by atoms with Crippen molar-refractivity contribution in [3.63, 3.8) is 0 Å². The molecule has 22 heavy (non-hydrogen) atoms. The van der Waals surface area contributed by atoms with E-state index in [2.05, 4.69) is 15.2 Å². The third-order valence-electron chi connectivity index (χ3n) is 5.32. The summed E-state index contributed by atoms with van der Waals surface area (Å²) in [6.07, 6.45) is 5.61. The molecule has 2 saturated heterocycles. The molecule has 2 aromatic rings. The Morgan fingerprint density at radius 1 is 1.23 bits per heavy atom. The van der Waals surface area contributed by atoms with E-state index in [1.165, 1.54) is 19.3 Å². The molecule has 0 aliphatic carbocycles. The third kappa shape index (κ3) is 2.61. The van der Waals surface area contributed by atoms with Gasteiger partial charge in [-0.25, -0.2) is 4.39 Å². The molecule has 0 unspecified atom stereocenters. The van der Waals surface area contributed by atoms with Gasteiger partial charge >= 0.3 is 0 Å². The fraction of sp³-hybridized carbons (Fsp3) is 0.500. The van der Waals surface area contributed by atoms with Crippen LogP contribution in [0, 0.1) is 11.2 Å². The summed E-state index contributed by atoms with van der Waals surface area (Å²) in [5, 5.41) is 4.35. The Hall–Kier alpha value is -1.52. The van der Waals surface area contributed by atoms with Crippen LogP contribution in [0.25, 0.3) is 10.9 Å². The van der Waals surface area contributed by atoms with Gasteiger partial charge < -0.3 is 5.32 Å². The Morgan fingerprint density at radius 2 is 2.09 bits per heavy atom. The number of hydrogen-bond donors (Lipinski definition) is 1. The van der Waals surface area contributed by atoms with Gasteiger partial charge in [0.25, 0.3) is 0 Å². The maximum absolute atomic E-state index is 13.9. The van der Waals surface area contributed by atoms with Crippen molar-refractivity contribution in [1.82, 2.24) is 15.2 Å². The van der Waals surface area contributed by atoms with E-state index in [1.807, 2.05) is 12.1 Å². The van der Waals surface area contributed by atoms with Crippen LogP contribution in [-0.4, -0.2) is 36.1 Å². The molecule has 0 saturated carbocycles. The zero-order valence-electron chi connectivity index (χ0n) is 12.8. The number of nitrogens with one attached hydrogen (secondary N) is 1. The number of likely N-dealkylation sites (tertiary alicyclic amines) is 1. The first-order valence-corrected chi connectivity index (χ1v) is 8.20. The highest BCUT2D eigenvalue weighted by molar-refractivity contribution is 5.81. The van der Waals surface area contributed by atoms with Gasteiger partial charge in [-0.05, 0) is 68.1 Å². The van der Waals surface area contributed by atoms with Gasteiger partial charge in [-0.15, -0.1) is 0 Å². The second-order valence-corrected chi connectivity index (χ2v) is 6.85. The zero-order chi connectivity index (χ0) is 15.0. The average molecular weight is 299 g/mol. The summed E-state index contributed by atoms with van der Waals surface area (Å²) in [6, 6.07) is 7.03. The van der Waals surface area contributed by atoms with Gasteiger partial charge in [-0.2, -0.15) is 0 Å². The molecule has 0 atom stereocenters. The molecule has 0 radical (unpaired) electrons. The Kier molecular flexibility index (Phi) is 3.59. The number of pyridine rings is 1. The largest absolute Gasteiger partial charge is 0.317 e. The molecule has 4 rings (SSSR count). The Balaban J connectivity index is 1.57. The van der Waals surface area contributed by atoms with Crippen LogP contribution < -0.4 is 5.32 Å². The van der Waals surface area contributed by atoms with Gasteiger partial charge in [0, 0.05) is 24.7 Å². The van der Waals surface area contributed by atoms with E-state index in [4.69, 9.17) is 0 Å².